The summed E-state index contributed by atoms with van der Waals surface area (Å²) in [6, 6.07) is 12.3. The van der Waals surface area contributed by atoms with Gasteiger partial charge in [0.2, 0.25) is 11.9 Å². The van der Waals surface area contributed by atoms with Crippen LogP contribution in [-0.4, -0.2) is 61.6 Å². The van der Waals surface area contributed by atoms with Gasteiger partial charge in [-0.05, 0) is 55.5 Å². The van der Waals surface area contributed by atoms with E-state index < -0.39 is 18.0 Å². The summed E-state index contributed by atoms with van der Waals surface area (Å²) in [4.78, 5) is 59.2. The summed E-state index contributed by atoms with van der Waals surface area (Å²) in [5.74, 6) is -0.616. The average molecular weight is 546 g/mol. The normalized spacial score (nSPS) is 17.8. The molecule has 11 nitrogen and oxygen atoms in total. The summed E-state index contributed by atoms with van der Waals surface area (Å²) in [6.45, 7) is 0.919. The quantitative estimate of drug-likeness (QED) is 0.263. The Morgan fingerprint density at radius 1 is 1.00 bits per heavy atom. The smallest absolute Gasteiger partial charge is 0.322 e. The van der Waals surface area contributed by atoms with Crippen LogP contribution in [0.1, 0.15) is 42.0 Å². The number of benzene rings is 2. The third-order valence-electron chi connectivity index (χ3n) is 7.68. The fraction of sp³-hybridized carbons (Fsp3) is 0.321. The first-order valence-corrected chi connectivity index (χ1v) is 13.3. The highest BCUT2D eigenvalue weighted by Crippen LogP contribution is 2.30. The van der Waals surface area contributed by atoms with Crippen molar-refractivity contribution in [1.29, 1.82) is 0 Å². The minimum atomic E-state index is -0.856. The van der Waals surface area contributed by atoms with Crippen molar-refractivity contribution in [3.63, 3.8) is 0 Å². The van der Waals surface area contributed by atoms with Gasteiger partial charge in [-0.15, -0.1) is 0 Å². The van der Waals surface area contributed by atoms with Crippen LogP contribution in [0.2, 0.25) is 0 Å². The maximum Gasteiger partial charge on any atom is 0.322 e. The first-order valence-electron chi connectivity index (χ1n) is 13.3. The SMILES string of the molecule is O=C1NC(=O)C(CC(=O)N2CCC(c3[nH]n(-c4nc5ccccc5[nH]4)c(=O)c3CCc3ccc(F)cc3)CC2)N1. The Labute approximate surface area is 227 Å². The van der Waals surface area contributed by atoms with Gasteiger partial charge in [0, 0.05) is 30.3 Å². The van der Waals surface area contributed by atoms with Crippen molar-refractivity contribution in [1.82, 2.24) is 35.3 Å². The Kier molecular flexibility index (Phi) is 6.66. The summed E-state index contributed by atoms with van der Waals surface area (Å²) in [5, 5.41) is 7.91. The van der Waals surface area contributed by atoms with Crippen LogP contribution in [0, 0.1) is 5.82 Å². The second-order valence-electron chi connectivity index (χ2n) is 10.2. The molecule has 0 bridgehead atoms. The van der Waals surface area contributed by atoms with Gasteiger partial charge in [0.1, 0.15) is 11.9 Å². The van der Waals surface area contributed by atoms with Gasteiger partial charge in [-0.1, -0.05) is 24.3 Å². The number of likely N-dealkylation sites (tertiary alicyclic amines) is 1. The maximum atomic E-state index is 13.7. The Bertz CT molecular complexity index is 1610. The predicted octanol–water partition coefficient (Wildman–Crippen LogP) is 2.27. The number of halogens is 1. The van der Waals surface area contributed by atoms with Crippen LogP contribution >= 0.6 is 0 Å². The Morgan fingerprint density at radius 3 is 2.45 bits per heavy atom. The number of amides is 4. The van der Waals surface area contributed by atoms with E-state index in [1.807, 2.05) is 24.3 Å². The van der Waals surface area contributed by atoms with Crippen LogP contribution in [-0.2, 0) is 22.4 Å². The number of hydrogen-bond donors (Lipinski definition) is 4. The molecule has 1 unspecified atom stereocenters. The van der Waals surface area contributed by atoms with Gasteiger partial charge in [-0.2, -0.15) is 4.68 Å². The van der Waals surface area contributed by atoms with E-state index in [4.69, 9.17) is 0 Å². The topological polar surface area (TPSA) is 145 Å². The number of nitrogens with one attached hydrogen (secondary N) is 4. The van der Waals surface area contributed by atoms with Crippen LogP contribution in [0.4, 0.5) is 9.18 Å². The van der Waals surface area contributed by atoms with Crippen molar-refractivity contribution in [2.24, 2.45) is 0 Å². The van der Waals surface area contributed by atoms with Gasteiger partial charge in [-0.25, -0.2) is 14.2 Å². The molecular formula is C28H28FN7O4. The standard InChI is InChI=1S/C28H28FN7O4/c29-18-8-5-16(6-9-18)7-10-19-24(34-36(26(19)39)27-30-20-3-1-2-4-21(20)31-27)17-11-13-35(14-12-17)23(37)15-22-25(38)33-28(40)32-22/h1-6,8-9,17,22,34H,7,10-15H2,(H,30,31)(H2,32,33,38,40). The molecule has 4 N–H and O–H groups in total. The van der Waals surface area contributed by atoms with E-state index in [2.05, 4.69) is 25.7 Å². The molecule has 2 saturated heterocycles. The third-order valence-corrected chi connectivity index (χ3v) is 7.68. The van der Waals surface area contributed by atoms with Gasteiger partial charge in [0.05, 0.1) is 17.5 Å². The molecule has 2 fully saturated rings. The number of fused-ring (bicyclic) bond motifs is 1. The molecule has 12 heteroatoms. The summed E-state index contributed by atoms with van der Waals surface area (Å²) >= 11 is 0. The van der Waals surface area contributed by atoms with Crippen molar-refractivity contribution in [2.75, 3.05) is 13.1 Å². The molecule has 0 aliphatic carbocycles. The van der Waals surface area contributed by atoms with E-state index in [1.54, 1.807) is 17.0 Å². The lowest BCUT2D eigenvalue weighted by molar-refractivity contribution is -0.134. The van der Waals surface area contributed by atoms with E-state index in [0.717, 1.165) is 22.3 Å². The molecule has 40 heavy (non-hydrogen) atoms. The van der Waals surface area contributed by atoms with Crippen molar-refractivity contribution in [3.8, 4) is 5.95 Å². The van der Waals surface area contributed by atoms with Crippen LogP contribution in [0.25, 0.3) is 17.0 Å². The summed E-state index contributed by atoms with van der Waals surface area (Å²) in [6.07, 6.45) is 2.17. The largest absolute Gasteiger partial charge is 0.343 e. The van der Waals surface area contributed by atoms with Crippen LogP contribution in [0.15, 0.2) is 53.3 Å². The summed E-state index contributed by atoms with van der Waals surface area (Å²) < 4.78 is 14.8. The first kappa shape index (κ1) is 25.5. The van der Waals surface area contributed by atoms with Crippen LogP contribution in [0.5, 0.6) is 0 Å². The second-order valence-corrected chi connectivity index (χ2v) is 10.2. The molecule has 4 amide bonds. The monoisotopic (exact) mass is 545 g/mol. The highest BCUT2D eigenvalue weighted by molar-refractivity contribution is 6.05. The number of imide groups is 1. The Hall–Kier alpha value is -4.74. The number of piperidine rings is 1. The first-order chi connectivity index (χ1) is 19.4. The molecule has 4 aromatic rings. The second kappa shape index (κ2) is 10.4. The lowest BCUT2D eigenvalue weighted by atomic mass is 9.89. The van der Waals surface area contributed by atoms with Crippen LogP contribution < -0.4 is 16.2 Å². The zero-order chi connectivity index (χ0) is 27.8. The Balaban J connectivity index is 1.23. The van der Waals surface area contributed by atoms with Crippen molar-refractivity contribution in [2.45, 2.75) is 44.1 Å². The molecule has 1 atom stereocenters. The minimum Gasteiger partial charge on any atom is -0.343 e. The van der Waals surface area contributed by atoms with Gasteiger partial charge < -0.3 is 15.2 Å². The molecule has 2 aromatic carbocycles. The number of rotatable bonds is 7. The van der Waals surface area contributed by atoms with Gasteiger partial charge >= 0.3 is 6.03 Å². The number of carbonyl (C=O) groups is 3. The number of H-pyrrole nitrogens is 2. The Morgan fingerprint density at radius 2 is 1.75 bits per heavy atom. The average Bonchev–Trinajstić information content (AvgIpc) is 3.62. The maximum absolute atomic E-state index is 13.7. The molecule has 2 aliphatic rings. The number of para-hydroxylation sites is 2. The lowest BCUT2D eigenvalue weighted by Crippen LogP contribution is -2.42. The molecule has 0 radical (unpaired) electrons. The van der Waals surface area contributed by atoms with Crippen LogP contribution in [0.3, 0.4) is 0 Å². The molecule has 2 aliphatic heterocycles. The zero-order valence-corrected chi connectivity index (χ0v) is 21.6. The van der Waals surface area contributed by atoms with Gasteiger partial charge in [-0.3, -0.25) is 24.8 Å². The van der Waals surface area contributed by atoms with Crippen molar-refractivity contribution < 1.29 is 18.8 Å². The van der Waals surface area contributed by atoms with E-state index in [-0.39, 0.29) is 29.6 Å². The zero-order valence-electron chi connectivity index (χ0n) is 21.6. The number of imidazole rings is 1. The molecule has 206 valence electrons. The fourth-order valence-electron chi connectivity index (χ4n) is 5.51. The minimum absolute atomic E-state index is 0.0000723. The summed E-state index contributed by atoms with van der Waals surface area (Å²) in [7, 11) is 0. The van der Waals surface area contributed by atoms with Crippen molar-refractivity contribution in [3.05, 3.63) is 81.5 Å². The molecule has 2 aromatic heterocycles. The number of carbonyl (C=O) groups excluding carboxylic acids is 3. The molecule has 6 rings (SSSR count). The van der Waals surface area contributed by atoms with Gasteiger partial charge in [0.15, 0.2) is 0 Å². The number of urea groups is 1. The third kappa shape index (κ3) is 4.99. The predicted molar refractivity (Wildman–Crippen MR) is 143 cm³/mol. The number of aromatic amines is 2. The highest BCUT2D eigenvalue weighted by Gasteiger charge is 2.34. The number of aryl methyl sites for hydroxylation is 1. The molecule has 0 saturated carbocycles. The van der Waals surface area contributed by atoms with E-state index in [0.29, 0.717) is 50.3 Å². The summed E-state index contributed by atoms with van der Waals surface area (Å²) in [5.41, 5.74) is 3.73. The molecular weight excluding hydrogens is 517 g/mol. The molecule has 4 heterocycles. The number of nitrogens with zero attached hydrogens (tertiary/aromatic N) is 3. The number of aromatic nitrogens is 4. The number of hydrogen-bond acceptors (Lipinski definition) is 5. The van der Waals surface area contributed by atoms with E-state index >= 15 is 0 Å². The van der Waals surface area contributed by atoms with E-state index in [1.165, 1.54) is 16.8 Å². The fourth-order valence-corrected chi connectivity index (χ4v) is 5.51. The van der Waals surface area contributed by atoms with Gasteiger partial charge in [0.25, 0.3) is 11.5 Å². The molecule has 0 spiro atoms. The lowest BCUT2D eigenvalue weighted by Gasteiger charge is -2.32. The van der Waals surface area contributed by atoms with Crippen molar-refractivity contribution >= 4 is 28.9 Å². The highest BCUT2D eigenvalue weighted by atomic mass is 19.1. The van der Waals surface area contributed by atoms with E-state index in [9.17, 15) is 23.6 Å².